The Morgan fingerprint density at radius 1 is 1.12 bits per heavy atom. The zero-order valence-electron chi connectivity index (χ0n) is 17.5. The van der Waals surface area contributed by atoms with Crippen LogP contribution in [-0.2, 0) is 16.1 Å². The van der Waals surface area contributed by atoms with E-state index in [4.69, 9.17) is 4.74 Å². The van der Waals surface area contributed by atoms with E-state index in [0.717, 1.165) is 4.90 Å². The molecule has 0 aliphatic carbocycles. The van der Waals surface area contributed by atoms with Crippen molar-refractivity contribution in [2.75, 3.05) is 11.4 Å². The van der Waals surface area contributed by atoms with Gasteiger partial charge in [-0.1, -0.05) is 0 Å². The Kier molecular flexibility index (Phi) is 6.49. The lowest BCUT2D eigenvalue weighted by Crippen LogP contribution is -2.33. The van der Waals surface area contributed by atoms with Gasteiger partial charge in [0.15, 0.2) is 0 Å². The minimum Gasteiger partial charge on any atom is -0.456 e. The molecule has 1 aliphatic rings. The Morgan fingerprint density at radius 3 is 2.38 bits per heavy atom. The first-order valence-corrected chi connectivity index (χ1v) is 10.3. The highest BCUT2D eigenvalue weighted by atomic mass is 32.2. The van der Waals surface area contributed by atoms with Gasteiger partial charge in [0.25, 0.3) is 5.91 Å². The number of ether oxygens (including phenoxy) is 1. The van der Waals surface area contributed by atoms with Gasteiger partial charge in [0, 0.05) is 23.8 Å². The number of esters is 1. The van der Waals surface area contributed by atoms with Crippen molar-refractivity contribution in [1.82, 2.24) is 9.88 Å². The average molecular weight is 467 g/mol. The van der Waals surface area contributed by atoms with Crippen LogP contribution in [0.15, 0.2) is 47.6 Å². The number of pyridine rings is 1. The number of hydrogen-bond donors (Lipinski definition) is 0. The van der Waals surface area contributed by atoms with Gasteiger partial charge in [-0.2, -0.15) is 13.2 Å². The number of alkyl halides is 3. The highest BCUT2D eigenvalue weighted by Crippen LogP contribution is 2.37. The van der Waals surface area contributed by atoms with Crippen molar-refractivity contribution in [2.45, 2.75) is 43.3 Å². The molecule has 1 fully saturated rings. The molecule has 0 saturated carbocycles. The number of rotatable bonds is 5. The van der Waals surface area contributed by atoms with Crippen molar-refractivity contribution in [3.8, 4) is 0 Å². The van der Waals surface area contributed by atoms with Crippen LogP contribution in [0.2, 0.25) is 0 Å². The second-order valence-electron chi connectivity index (χ2n) is 7.94. The molecule has 1 aromatic heterocycles. The van der Waals surface area contributed by atoms with E-state index in [9.17, 15) is 27.6 Å². The first-order valence-electron chi connectivity index (χ1n) is 9.48. The summed E-state index contributed by atoms with van der Waals surface area (Å²) in [5, 5.41) is 0. The molecule has 3 rings (SSSR count). The fourth-order valence-corrected chi connectivity index (χ4v) is 3.55. The van der Waals surface area contributed by atoms with E-state index >= 15 is 0 Å². The van der Waals surface area contributed by atoms with Crippen LogP contribution in [0.1, 0.15) is 36.7 Å². The smallest absolute Gasteiger partial charge is 0.446 e. The van der Waals surface area contributed by atoms with E-state index in [0.29, 0.717) is 5.56 Å². The van der Waals surface area contributed by atoms with Crippen molar-refractivity contribution in [1.29, 1.82) is 0 Å². The molecule has 170 valence electrons. The van der Waals surface area contributed by atoms with E-state index in [-0.39, 0.29) is 41.0 Å². The zero-order valence-corrected chi connectivity index (χ0v) is 18.3. The van der Waals surface area contributed by atoms with E-state index in [2.05, 4.69) is 4.98 Å². The van der Waals surface area contributed by atoms with Crippen LogP contribution >= 0.6 is 11.8 Å². The number of carbonyl (C=O) groups excluding carboxylic acids is 3. The van der Waals surface area contributed by atoms with Gasteiger partial charge >= 0.3 is 17.5 Å². The van der Waals surface area contributed by atoms with Crippen molar-refractivity contribution >= 4 is 35.4 Å². The van der Waals surface area contributed by atoms with Crippen molar-refractivity contribution in [3.05, 3.63) is 53.9 Å². The molecule has 2 aromatic rings. The summed E-state index contributed by atoms with van der Waals surface area (Å²) in [4.78, 5) is 43.8. The molecular formula is C21H20F3N3O4S. The summed E-state index contributed by atoms with van der Waals surface area (Å²) in [6.45, 7) is 4.88. The van der Waals surface area contributed by atoms with Crippen molar-refractivity contribution < 1.29 is 32.3 Å². The van der Waals surface area contributed by atoms with Gasteiger partial charge in [0.05, 0.1) is 11.3 Å². The highest BCUT2D eigenvalue weighted by Gasteiger charge is 2.38. The minimum absolute atomic E-state index is 0.0415. The summed E-state index contributed by atoms with van der Waals surface area (Å²) in [6, 6.07) is 5.87. The van der Waals surface area contributed by atoms with Gasteiger partial charge in [-0.15, -0.1) is 0 Å². The lowest BCUT2D eigenvalue weighted by atomic mass is 10.1. The van der Waals surface area contributed by atoms with Gasteiger partial charge in [-0.05, 0) is 68.4 Å². The molecule has 0 atom stereocenters. The molecule has 7 nitrogen and oxygen atoms in total. The minimum atomic E-state index is -4.44. The van der Waals surface area contributed by atoms with Crippen LogP contribution in [-0.4, -0.2) is 45.4 Å². The van der Waals surface area contributed by atoms with Crippen molar-refractivity contribution in [3.63, 3.8) is 0 Å². The zero-order chi connectivity index (χ0) is 23.7. The molecule has 0 radical (unpaired) electrons. The number of aromatic nitrogens is 1. The molecule has 32 heavy (non-hydrogen) atoms. The predicted octanol–water partition coefficient (Wildman–Crippen LogP) is 4.62. The predicted molar refractivity (Wildman–Crippen MR) is 111 cm³/mol. The standard InChI is InChI=1S/C21H20F3N3O4S/c1-20(2,3)31-18(29)16-10-25-9-8-13(16)11-26-12-17(28)27(19(26)30)14-4-6-15(7-5-14)32-21(22,23)24/h4-10H,11-12H2,1-3H3. The van der Waals surface area contributed by atoms with Gasteiger partial charge in [0.1, 0.15) is 12.1 Å². The van der Waals surface area contributed by atoms with Crippen molar-refractivity contribution in [2.24, 2.45) is 0 Å². The van der Waals surface area contributed by atoms with Crippen LogP contribution in [0.25, 0.3) is 0 Å². The number of carbonyl (C=O) groups is 3. The summed E-state index contributed by atoms with van der Waals surface area (Å²) in [5.41, 5.74) is -4.37. The maximum Gasteiger partial charge on any atom is 0.446 e. The molecule has 0 unspecified atom stereocenters. The molecule has 1 saturated heterocycles. The van der Waals surface area contributed by atoms with E-state index in [1.807, 2.05) is 0 Å². The summed E-state index contributed by atoms with van der Waals surface area (Å²) in [7, 11) is 0. The molecule has 3 amide bonds. The highest BCUT2D eigenvalue weighted by molar-refractivity contribution is 8.00. The van der Waals surface area contributed by atoms with E-state index < -0.39 is 29.0 Å². The number of imide groups is 1. The SMILES string of the molecule is CC(C)(C)OC(=O)c1cnccc1CN1CC(=O)N(c2ccc(SC(F)(F)F)cc2)C1=O. The third-order valence-corrected chi connectivity index (χ3v) is 5.00. The van der Waals surface area contributed by atoms with Gasteiger partial charge in [0.2, 0.25) is 0 Å². The molecule has 1 aromatic carbocycles. The summed E-state index contributed by atoms with van der Waals surface area (Å²) in [5.74, 6) is -1.13. The Morgan fingerprint density at radius 2 is 1.78 bits per heavy atom. The number of halogens is 3. The van der Waals surface area contributed by atoms with Crippen LogP contribution in [0.3, 0.4) is 0 Å². The number of nitrogens with zero attached hydrogens (tertiary/aromatic N) is 3. The lowest BCUT2D eigenvalue weighted by Gasteiger charge is -2.22. The number of amides is 3. The van der Waals surface area contributed by atoms with Gasteiger partial charge in [-0.25, -0.2) is 14.5 Å². The Hall–Kier alpha value is -3.08. The lowest BCUT2D eigenvalue weighted by molar-refractivity contribution is -0.116. The largest absolute Gasteiger partial charge is 0.456 e. The summed E-state index contributed by atoms with van der Waals surface area (Å²) in [6.07, 6.45) is 2.79. The first-order chi connectivity index (χ1) is 14.8. The average Bonchev–Trinajstić information content (AvgIpc) is 2.93. The summed E-state index contributed by atoms with van der Waals surface area (Å²) >= 11 is -0.285. The molecular weight excluding hydrogens is 447 g/mol. The van der Waals surface area contributed by atoms with Crippen LogP contribution in [0.5, 0.6) is 0 Å². The maximum absolute atomic E-state index is 12.9. The summed E-state index contributed by atoms with van der Waals surface area (Å²) < 4.78 is 42.9. The number of urea groups is 1. The fourth-order valence-electron chi connectivity index (χ4n) is 3.01. The first kappa shape index (κ1) is 23.6. The van der Waals surface area contributed by atoms with Crippen LogP contribution < -0.4 is 4.90 Å². The van der Waals surface area contributed by atoms with Crippen LogP contribution in [0, 0.1) is 0 Å². The Labute approximate surface area is 186 Å². The normalized spacial score (nSPS) is 14.8. The monoisotopic (exact) mass is 467 g/mol. The Bertz CT molecular complexity index is 1040. The number of thioether (sulfide) groups is 1. The second-order valence-corrected chi connectivity index (χ2v) is 9.08. The Balaban J connectivity index is 1.77. The molecule has 2 heterocycles. The molecule has 11 heteroatoms. The molecule has 0 bridgehead atoms. The van der Waals surface area contributed by atoms with E-state index in [1.54, 1.807) is 26.8 Å². The number of anilines is 1. The van der Waals surface area contributed by atoms with Gasteiger partial charge < -0.3 is 9.64 Å². The van der Waals surface area contributed by atoms with E-state index in [1.165, 1.54) is 41.6 Å². The quantitative estimate of drug-likeness (QED) is 0.363. The maximum atomic E-state index is 12.9. The molecule has 0 spiro atoms. The number of benzene rings is 1. The fraction of sp³-hybridized carbons (Fsp3) is 0.333. The van der Waals surface area contributed by atoms with Gasteiger partial charge in [-0.3, -0.25) is 9.78 Å². The topological polar surface area (TPSA) is 79.8 Å². The third kappa shape index (κ3) is 5.78. The number of hydrogen-bond acceptors (Lipinski definition) is 6. The molecule has 0 N–H and O–H groups in total. The molecule has 1 aliphatic heterocycles. The second kappa shape index (κ2) is 8.81. The van der Waals surface area contributed by atoms with Crippen LogP contribution in [0.4, 0.5) is 23.7 Å². The third-order valence-electron chi connectivity index (χ3n) is 4.26.